The first-order valence-electron chi connectivity index (χ1n) is 8.01. The van der Waals surface area contributed by atoms with Gasteiger partial charge in [-0.2, -0.15) is 0 Å². The van der Waals surface area contributed by atoms with Crippen molar-refractivity contribution < 1.29 is 13.6 Å². The van der Waals surface area contributed by atoms with E-state index in [9.17, 15) is 13.6 Å². The van der Waals surface area contributed by atoms with Crippen molar-refractivity contribution in [2.75, 3.05) is 26.2 Å². The van der Waals surface area contributed by atoms with E-state index >= 15 is 0 Å². The molecule has 128 valence electrons. The first-order valence-corrected chi connectivity index (χ1v) is 8.01. The van der Waals surface area contributed by atoms with Gasteiger partial charge in [0, 0.05) is 26.1 Å². The summed E-state index contributed by atoms with van der Waals surface area (Å²) in [6.07, 6.45) is 3.78. The molecule has 2 aliphatic rings. The Balaban J connectivity index is 0.00000192. The molecule has 0 aromatic heterocycles. The molecule has 0 unspecified atom stereocenters. The molecule has 0 radical (unpaired) electrons. The monoisotopic (exact) mass is 344 g/mol. The molecule has 2 fully saturated rings. The third kappa shape index (κ3) is 4.01. The minimum Gasteiger partial charge on any atom is -0.343 e. The summed E-state index contributed by atoms with van der Waals surface area (Å²) in [6.45, 7) is 3.70. The summed E-state index contributed by atoms with van der Waals surface area (Å²) < 4.78 is 26.7. The summed E-state index contributed by atoms with van der Waals surface area (Å²) in [6, 6.07) is 4.12. The molecule has 1 spiro atoms. The Kier molecular flexibility index (Phi) is 5.98. The van der Waals surface area contributed by atoms with Crippen molar-refractivity contribution in [1.82, 2.24) is 10.2 Å². The van der Waals surface area contributed by atoms with Crippen molar-refractivity contribution in [1.29, 1.82) is 0 Å². The SMILES string of the molecule is Cl.O=C(CCc1cccc(F)c1F)N1CCC2(CCNC2)CC1. The number of carbonyl (C=O) groups excluding carboxylic acids is 1. The van der Waals surface area contributed by atoms with E-state index in [-0.39, 0.29) is 36.7 Å². The molecule has 3 nitrogen and oxygen atoms in total. The fourth-order valence-electron chi connectivity index (χ4n) is 3.59. The van der Waals surface area contributed by atoms with E-state index in [0.29, 0.717) is 5.41 Å². The van der Waals surface area contributed by atoms with Crippen LogP contribution < -0.4 is 5.32 Å². The van der Waals surface area contributed by atoms with Gasteiger partial charge in [0.25, 0.3) is 0 Å². The summed E-state index contributed by atoms with van der Waals surface area (Å²) in [5, 5.41) is 3.40. The van der Waals surface area contributed by atoms with Crippen molar-refractivity contribution in [3.05, 3.63) is 35.4 Å². The standard InChI is InChI=1S/C17H22F2N2O.ClH/c18-14-3-1-2-13(16(14)19)4-5-15(22)21-10-7-17(8-11-21)6-9-20-12-17;/h1-3,20H,4-12H2;1H. The number of hydrogen-bond donors (Lipinski definition) is 1. The molecule has 23 heavy (non-hydrogen) atoms. The van der Waals surface area contributed by atoms with Crippen LogP contribution in [0, 0.1) is 17.0 Å². The van der Waals surface area contributed by atoms with Crippen LogP contribution in [0.4, 0.5) is 8.78 Å². The number of nitrogens with zero attached hydrogens (tertiary/aromatic N) is 1. The Labute approximate surface area is 141 Å². The van der Waals surface area contributed by atoms with Crippen LogP contribution in [-0.4, -0.2) is 37.0 Å². The Morgan fingerprint density at radius 1 is 1.22 bits per heavy atom. The maximum absolute atomic E-state index is 13.6. The van der Waals surface area contributed by atoms with Crippen molar-refractivity contribution in [3.63, 3.8) is 0 Å². The Bertz CT molecular complexity index is 552. The highest BCUT2D eigenvalue weighted by molar-refractivity contribution is 5.85. The zero-order valence-electron chi connectivity index (χ0n) is 13.1. The predicted octanol–water partition coefficient (Wildman–Crippen LogP) is 2.92. The lowest BCUT2D eigenvalue weighted by Gasteiger charge is -2.39. The number of amides is 1. The number of benzene rings is 1. The van der Waals surface area contributed by atoms with Gasteiger partial charge in [-0.1, -0.05) is 12.1 Å². The average Bonchev–Trinajstić information content (AvgIpc) is 2.97. The quantitative estimate of drug-likeness (QED) is 0.914. The van der Waals surface area contributed by atoms with Crippen LogP contribution in [-0.2, 0) is 11.2 Å². The van der Waals surface area contributed by atoms with E-state index in [1.807, 2.05) is 4.90 Å². The molecule has 2 saturated heterocycles. The Morgan fingerprint density at radius 3 is 2.61 bits per heavy atom. The molecule has 3 rings (SSSR count). The third-order valence-corrected chi connectivity index (χ3v) is 5.15. The molecule has 0 aliphatic carbocycles. The molecule has 2 heterocycles. The molecule has 1 N–H and O–H groups in total. The number of aryl methyl sites for hydroxylation is 1. The molecule has 0 bridgehead atoms. The molecule has 2 aliphatic heterocycles. The van der Waals surface area contributed by atoms with Gasteiger partial charge in [0.2, 0.25) is 5.91 Å². The minimum atomic E-state index is -0.849. The van der Waals surface area contributed by atoms with Crippen molar-refractivity contribution in [2.24, 2.45) is 5.41 Å². The first kappa shape index (κ1) is 18.1. The largest absolute Gasteiger partial charge is 0.343 e. The van der Waals surface area contributed by atoms with E-state index in [1.54, 1.807) is 6.07 Å². The highest BCUT2D eigenvalue weighted by Crippen LogP contribution is 2.37. The van der Waals surface area contributed by atoms with Crippen LogP contribution in [0.25, 0.3) is 0 Å². The Morgan fingerprint density at radius 2 is 1.96 bits per heavy atom. The number of likely N-dealkylation sites (tertiary alicyclic amines) is 1. The number of rotatable bonds is 3. The lowest BCUT2D eigenvalue weighted by Crippen LogP contribution is -2.44. The summed E-state index contributed by atoms with van der Waals surface area (Å²) in [7, 11) is 0. The number of halogens is 3. The van der Waals surface area contributed by atoms with Crippen LogP contribution >= 0.6 is 12.4 Å². The normalized spacial score (nSPS) is 19.7. The summed E-state index contributed by atoms with van der Waals surface area (Å²) in [4.78, 5) is 14.1. The van der Waals surface area contributed by atoms with Crippen LogP contribution in [0.1, 0.15) is 31.2 Å². The predicted molar refractivity (Wildman–Crippen MR) is 87.7 cm³/mol. The molecular weight excluding hydrogens is 322 g/mol. The lowest BCUT2D eigenvalue weighted by molar-refractivity contribution is -0.133. The first-order chi connectivity index (χ1) is 10.6. The fourth-order valence-corrected chi connectivity index (χ4v) is 3.59. The van der Waals surface area contributed by atoms with Gasteiger partial charge < -0.3 is 10.2 Å². The van der Waals surface area contributed by atoms with E-state index in [2.05, 4.69) is 5.32 Å². The average molecular weight is 345 g/mol. The minimum absolute atomic E-state index is 0. The smallest absolute Gasteiger partial charge is 0.222 e. The molecule has 0 saturated carbocycles. The molecule has 0 atom stereocenters. The number of nitrogens with one attached hydrogen (secondary N) is 1. The van der Waals surface area contributed by atoms with Crippen LogP contribution in [0.3, 0.4) is 0 Å². The summed E-state index contributed by atoms with van der Waals surface area (Å²) >= 11 is 0. The van der Waals surface area contributed by atoms with Gasteiger partial charge in [-0.25, -0.2) is 8.78 Å². The van der Waals surface area contributed by atoms with Gasteiger partial charge in [0.05, 0.1) is 0 Å². The van der Waals surface area contributed by atoms with Gasteiger partial charge in [0.15, 0.2) is 11.6 Å². The molecule has 1 aromatic carbocycles. The highest BCUT2D eigenvalue weighted by Gasteiger charge is 2.37. The van der Waals surface area contributed by atoms with Crippen molar-refractivity contribution >= 4 is 18.3 Å². The van der Waals surface area contributed by atoms with Crippen LogP contribution in [0.2, 0.25) is 0 Å². The topological polar surface area (TPSA) is 32.3 Å². The maximum Gasteiger partial charge on any atom is 0.222 e. The molecule has 1 amide bonds. The summed E-state index contributed by atoms with van der Waals surface area (Å²) in [5.74, 6) is -1.63. The zero-order chi connectivity index (χ0) is 15.6. The number of carbonyl (C=O) groups is 1. The zero-order valence-corrected chi connectivity index (χ0v) is 13.9. The number of piperidine rings is 1. The van der Waals surface area contributed by atoms with Crippen molar-refractivity contribution in [2.45, 2.75) is 32.1 Å². The Hall–Kier alpha value is -1.20. The molecule has 1 aromatic rings. The second kappa shape index (κ2) is 7.58. The van der Waals surface area contributed by atoms with Crippen molar-refractivity contribution in [3.8, 4) is 0 Å². The second-order valence-corrected chi connectivity index (χ2v) is 6.52. The fraction of sp³-hybridized carbons (Fsp3) is 0.588. The van der Waals surface area contributed by atoms with Gasteiger partial charge in [0.1, 0.15) is 0 Å². The lowest BCUT2D eigenvalue weighted by atomic mass is 9.78. The summed E-state index contributed by atoms with van der Waals surface area (Å²) in [5.41, 5.74) is 0.660. The molecular formula is C17H23ClF2N2O. The van der Waals surface area contributed by atoms with Gasteiger partial charge >= 0.3 is 0 Å². The van der Waals surface area contributed by atoms with Gasteiger partial charge in [-0.3, -0.25) is 4.79 Å². The van der Waals surface area contributed by atoms with E-state index in [1.165, 1.54) is 12.5 Å². The van der Waals surface area contributed by atoms with Crippen LogP contribution in [0.5, 0.6) is 0 Å². The van der Waals surface area contributed by atoms with E-state index in [0.717, 1.165) is 45.1 Å². The van der Waals surface area contributed by atoms with Crippen LogP contribution in [0.15, 0.2) is 18.2 Å². The number of hydrogen-bond acceptors (Lipinski definition) is 2. The van der Waals surface area contributed by atoms with Gasteiger partial charge in [-0.05, 0) is 49.3 Å². The van der Waals surface area contributed by atoms with E-state index in [4.69, 9.17) is 0 Å². The molecule has 6 heteroatoms. The van der Waals surface area contributed by atoms with Gasteiger partial charge in [-0.15, -0.1) is 12.4 Å². The second-order valence-electron chi connectivity index (χ2n) is 6.52. The maximum atomic E-state index is 13.6. The third-order valence-electron chi connectivity index (χ3n) is 5.15. The highest BCUT2D eigenvalue weighted by atomic mass is 35.5. The van der Waals surface area contributed by atoms with E-state index < -0.39 is 11.6 Å².